The highest BCUT2D eigenvalue weighted by molar-refractivity contribution is 5.93. The smallest absolute Gasteiger partial charge is 0.306 e. The number of aromatic nitrogens is 3. The van der Waals surface area contributed by atoms with Crippen LogP contribution in [0.25, 0.3) is 0 Å². The Labute approximate surface area is 150 Å². The fourth-order valence-electron chi connectivity index (χ4n) is 3.22. The molecule has 3 rings (SSSR count). The van der Waals surface area contributed by atoms with Crippen molar-refractivity contribution < 1.29 is 19.1 Å². The standard InChI is InChI=1S/C18H21FN4O3/c1-11-16(17(24)20-15-8-4-13(5-9-15)18(25)26)21-22-23(11)10-12-2-6-14(19)7-3-12/h2-3,6-7,13,15H,4-5,8-10H2,1H3,(H,20,24)(H,25,26). The number of carbonyl (C=O) groups is 2. The van der Waals surface area contributed by atoms with Crippen LogP contribution >= 0.6 is 0 Å². The number of aliphatic carboxylic acids is 1. The van der Waals surface area contributed by atoms with Crippen molar-refractivity contribution in [1.29, 1.82) is 0 Å². The van der Waals surface area contributed by atoms with Crippen molar-refractivity contribution in [3.05, 3.63) is 47.0 Å². The van der Waals surface area contributed by atoms with Gasteiger partial charge in [-0.25, -0.2) is 9.07 Å². The maximum Gasteiger partial charge on any atom is 0.306 e. The minimum Gasteiger partial charge on any atom is -0.481 e. The van der Waals surface area contributed by atoms with Crippen LogP contribution in [0.5, 0.6) is 0 Å². The molecule has 2 N–H and O–H groups in total. The predicted molar refractivity (Wildman–Crippen MR) is 91.1 cm³/mol. The first kappa shape index (κ1) is 18.0. The second-order valence-corrected chi connectivity index (χ2v) is 6.67. The van der Waals surface area contributed by atoms with Crippen LogP contribution in [0, 0.1) is 18.7 Å². The van der Waals surface area contributed by atoms with Crippen LogP contribution in [0.4, 0.5) is 4.39 Å². The number of carboxylic acid groups (broad SMARTS) is 1. The molecule has 0 bridgehead atoms. The Morgan fingerprint density at radius 2 is 1.88 bits per heavy atom. The first-order valence-electron chi connectivity index (χ1n) is 8.62. The fourth-order valence-corrected chi connectivity index (χ4v) is 3.22. The molecule has 0 unspecified atom stereocenters. The molecule has 7 nitrogen and oxygen atoms in total. The van der Waals surface area contributed by atoms with E-state index in [1.807, 2.05) is 0 Å². The minimum absolute atomic E-state index is 0.0419. The number of rotatable bonds is 5. The first-order chi connectivity index (χ1) is 12.4. The highest BCUT2D eigenvalue weighted by Gasteiger charge is 2.28. The van der Waals surface area contributed by atoms with Crippen LogP contribution in [-0.2, 0) is 11.3 Å². The van der Waals surface area contributed by atoms with Gasteiger partial charge in [0, 0.05) is 6.04 Å². The summed E-state index contributed by atoms with van der Waals surface area (Å²) in [5.41, 5.74) is 1.75. The largest absolute Gasteiger partial charge is 0.481 e. The van der Waals surface area contributed by atoms with Crippen molar-refractivity contribution in [3.8, 4) is 0 Å². The Morgan fingerprint density at radius 1 is 1.23 bits per heavy atom. The van der Waals surface area contributed by atoms with Crippen molar-refractivity contribution in [2.75, 3.05) is 0 Å². The van der Waals surface area contributed by atoms with Crippen molar-refractivity contribution in [2.45, 2.75) is 45.2 Å². The van der Waals surface area contributed by atoms with Gasteiger partial charge in [0.2, 0.25) is 0 Å². The first-order valence-corrected chi connectivity index (χ1v) is 8.62. The SMILES string of the molecule is Cc1c(C(=O)NC2CCC(C(=O)O)CC2)nnn1Cc1ccc(F)cc1. The molecule has 1 aromatic heterocycles. The lowest BCUT2D eigenvalue weighted by atomic mass is 9.86. The van der Waals surface area contributed by atoms with Gasteiger partial charge in [0.05, 0.1) is 18.2 Å². The Bertz CT molecular complexity index is 795. The molecule has 1 aliphatic rings. The third kappa shape index (κ3) is 4.07. The minimum atomic E-state index is -0.769. The lowest BCUT2D eigenvalue weighted by molar-refractivity contribution is -0.142. The Kier molecular flexibility index (Phi) is 5.29. The number of amides is 1. The molecule has 0 spiro atoms. The van der Waals surface area contributed by atoms with E-state index in [0.717, 1.165) is 5.56 Å². The Morgan fingerprint density at radius 3 is 2.50 bits per heavy atom. The molecule has 8 heteroatoms. The molecule has 1 amide bonds. The molecular weight excluding hydrogens is 339 g/mol. The van der Waals surface area contributed by atoms with Gasteiger partial charge in [-0.15, -0.1) is 5.10 Å². The molecule has 0 radical (unpaired) electrons. The highest BCUT2D eigenvalue weighted by Crippen LogP contribution is 2.24. The normalized spacial score (nSPS) is 19.9. The summed E-state index contributed by atoms with van der Waals surface area (Å²) in [7, 11) is 0. The monoisotopic (exact) mass is 360 g/mol. The maximum absolute atomic E-state index is 13.0. The van der Waals surface area contributed by atoms with Gasteiger partial charge in [-0.05, 0) is 50.3 Å². The second kappa shape index (κ2) is 7.63. The van der Waals surface area contributed by atoms with E-state index in [0.29, 0.717) is 37.9 Å². The lowest BCUT2D eigenvalue weighted by Crippen LogP contribution is -2.39. The van der Waals surface area contributed by atoms with E-state index in [1.165, 1.54) is 12.1 Å². The van der Waals surface area contributed by atoms with E-state index < -0.39 is 5.97 Å². The number of carbonyl (C=O) groups excluding carboxylic acids is 1. The average Bonchev–Trinajstić information content (AvgIpc) is 2.98. The summed E-state index contributed by atoms with van der Waals surface area (Å²) < 4.78 is 14.6. The van der Waals surface area contributed by atoms with Crippen LogP contribution in [0.15, 0.2) is 24.3 Å². The zero-order valence-corrected chi connectivity index (χ0v) is 14.5. The zero-order valence-electron chi connectivity index (χ0n) is 14.5. The molecule has 0 atom stereocenters. The van der Waals surface area contributed by atoms with Crippen molar-refractivity contribution in [1.82, 2.24) is 20.3 Å². The van der Waals surface area contributed by atoms with Crippen LogP contribution in [0.1, 0.15) is 47.4 Å². The number of carboxylic acids is 1. The van der Waals surface area contributed by atoms with Gasteiger partial charge >= 0.3 is 5.97 Å². The summed E-state index contributed by atoms with van der Waals surface area (Å²) in [6.45, 7) is 2.16. The summed E-state index contributed by atoms with van der Waals surface area (Å²) in [5.74, 6) is -1.69. The molecule has 1 fully saturated rings. The number of hydrogen-bond acceptors (Lipinski definition) is 4. The second-order valence-electron chi connectivity index (χ2n) is 6.67. The number of benzene rings is 1. The molecule has 1 saturated carbocycles. The molecule has 1 heterocycles. The van der Waals surface area contributed by atoms with Gasteiger partial charge < -0.3 is 10.4 Å². The summed E-state index contributed by atoms with van der Waals surface area (Å²) in [6.07, 6.45) is 2.42. The van der Waals surface area contributed by atoms with Gasteiger partial charge in [0.15, 0.2) is 5.69 Å². The molecule has 26 heavy (non-hydrogen) atoms. The Hall–Kier alpha value is -2.77. The predicted octanol–water partition coefficient (Wildman–Crippen LogP) is 2.15. The summed E-state index contributed by atoms with van der Waals surface area (Å²) in [4.78, 5) is 23.5. The number of hydrogen-bond donors (Lipinski definition) is 2. The topological polar surface area (TPSA) is 97.1 Å². The van der Waals surface area contributed by atoms with Gasteiger partial charge in [-0.1, -0.05) is 17.3 Å². The molecule has 1 aliphatic carbocycles. The summed E-state index contributed by atoms with van der Waals surface area (Å²) in [6, 6.07) is 6.04. The van der Waals surface area contributed by atoms with Gasteiger partial charge in [-0.3, -0.25) is 9.59 Å². The maximum atomic E-state index is 13.0. The summed E-state index contributed by atoms with van der Waals surface area (Å²) in [5, 5.41) is 19.9. The molecule has 2 aromatic rings. The molecule has 1 aromatic carbocycles. The lowest BCUT2D eigenvalue weighted by Gasteiger charge is -2.26. The van der Waals surface area contributed by atoms with E-state index in [9.17, 15) is 14.0 Å². The molecule has 138 valence electrons. The highest BCUT2D eigenvalue weighted by atomic mass is 19.1. The number of nitrogens with zero attached hydrogens (tertiary/aromatic N) is 3. The van der Waals surface area contributed by atoms with Crippen LogP contribution in [-0.4, -0.2) is 38.0 Å². The van der Waals surface area contributed by atoms with E-state index in [-0.39, 0.29) is 29.4 Å². The van der Waals surface area contributed by atoms with Crippen molar-refractivity contribution >= 4 is 11.9 Å². The zero-order chi connectivity index (χ0) is 18.7. The van der Waals surface area contributed by atoms with Crippen LogP contribution in [0.3, 0.4) is 0 Å². The van der Waals surface area contributed by atoms with Gasteiger partial charge in [-0.2, -0.15) is 0 Å². The average molecular weight is 360 g/mol. The van der Waals surface area contributed by atoms with E-state index >= 15 is 0 Å². The molecule has 0 aliphatic heterocycles. The summed E-state index contributed by atoms with van der Waals surface area (Å²) >= 11 is 0. The van der Waals surface area contributed by atoms with Crippen molar-refractivity contribution in [3.63, 3.8) is 0 Å². The molecular formula is C18H21FN4O3. The molecule has 0 saturated heterocycles. The third-order valence-electron chi connectivity index (χ3n) is 4.85. The van der Waals surface area contributed by atoms with Crippen LogP contribution in [0.2, 0.25) is 0 Å². The van der Waals surface area contributed by atoms with E-state index in [1.54, 1.807) is 23.7 Å². The van der Waals surface area contributed by atoms with E-state index in [2.05, 4.69) is 15.6 Å². The Balaban J connectivity index is 1.61. The van der Waals surface area contributed by atoms with Crippen LogP contribution < -0.4 is 5.32 Å². The quantitative estimate of drug-likeness (QED) is 0.851. The van der Waals surface area contributed by atoms with E-state index in [4.69, 9.17) is 5.11 Å². The number of halogens is 1. The van der Waals surface area contributed by atoms with Gasteiger partial charge in [0.1, 0.15) is 5.82 Å². The fraction of sp³-hybridized carbons (Fsp3) is 0.444. The van der Waals surface area contributed by atoms with Crippen molar-refractivity contribution in [2.24, 2.45) is 5.92 Å². The third-order valence-corrected chi connectivity index (χ3v) is 4.85. The van der Waals surface area contributed by atoms with Gasteiger partial charge in [0.25, 0.3) is 5.91 Å². The number of nitrogens with one attached hydrogen (secondary N) is 1.